The van der Waals surface area contributed by atoms with Crippen molar-refractivity contribution in [3.05, 3.63) is 35.0 Å². The molecule has 2 aliphatic heterocycles. The van der Waals surface area contributed by atoms with Crippen molar-refractivity contribution in [2.75, 3.05) is 33.4 Å². The Morgan fingerprint density at radius 1 is 1.38 bits per heavy atom. The molecule has 3 heterocycles. The number of carbonyl (C=O) groups is 1. The number of piperidine rings is 1. The molecule has 1 aromatic carbocycles. The maximum absolute atomic E-state index is 13.1. The highest BCUT2D eigenvalue weighted by atomic mass is 16.3. The van der Waals surface area contributed by atoms with Crippen LogP contribution in [0.3, 0.4) is 0 Å². The molecule has 5 rings (SSSR count). The van der Waals surface area contributed by atoms with Gasteiger partial charge in [0.1, 0.15) is 0 Å². The number of carbonyl (C=O) groups excluding carboxylic acids is 1. The number of aromatic nitrogens is 1. The Balaban J connectivity index is 1.55. The number of Topliss-reactive ketones (excluding diaryl/α,β-unsaturated/α-hetero) is 1. The number of aryl methyl sites for hydroxylation is 1. The Bertz CT molecular complexity index is 961. The maximum Gasteiger partial charge on any atom is 0.151 e. The van der Waals surface area contributed by atoms with E-state index in [2.05, 4.69) is 41.6 Å². The van der Waals surface area contributed by atoms with Gasteiger partial charge in [0.2, 0.25) is 0 Å². The van der Waals surface area contributed by atoms with E-state index in [9.17, 15) is 9.90 Å². The number of likely N-dealkylation sites (N-methyl/N-ethyl adjacent to an activating group) is 2. The van der Waals surface area contributed by atoms with Crippen LogP contribution in [0.2, 0.25) is 0 Å². The number of nitrogens with zero attached hydrogens (tertiary/aromatic N) is 3. The maximum atomic E-state index is 13.1. The highest BCUT2D eigenvalue weighted by Gasteiger charge is 2.50. The van der Waals surface area contributed by atoms with Gasteiger partial charge in [0.25, 0.3) is 0 Å². The van der Waals surface area contributed by atoms with Crippen LogP contribution in [0.1, 0.15) is 43.5 Å². The van der Waals surface area contributed by atoms with Gasteiger partial charge in [0, 0.05) is 47.1 Å². The first-order chi connectivity index (χ1) is 14.0. The molecule has 1 aliphatic carbocycles. The van der Waals surface area contributed by atoms with E-state index in [1.807, 2.05) is 11.8 Å². The molecule has 1 aromatic heterocycles. The summed E-state index contributed by atoms with van der Waals surface area (Å²) in [5, 5.41) is 11.0. The van der Waals surface area contributed by atoms with Crippen LogP contribution in [0.15, 0.2) is 18.2 Å². The molecule has 3 unspecified atom stereocenters. The fraction of sp³-hybridized carbons (Fsp3) is 0.625. The van der Waals surface area contributed by atoms with Crippen LogP contribution in [0.25, 0.3) is 10.9 Å². The zero-order chi connectivity index (χ0) is 20.3. The third-order valence-electron chi connectivity index (χ3n) is 8.05. The summed E-state index contributed by atoms with van der Waals surface area (Å²) in [6, 6.07) is 7.27. The monoisotopic (exact) mass is 395 g/mol. The number of aliphatic hydroxyl groups excluding tert-OH is 1. The van der Waals surface area contributed by atoms with Gasteiger partial charge in [0.15, 0.2) is 5.78 Å². The molecule has 2 aromatic rings. The summed E-state index contributed by atoms with van der Waals surface area (Å²) >= 11 is 0. The first kappa shape index (κ1) is 19.3. The van der Waals surface area contributed by atoms with Gasteiger partial charge in [-0.1, -0.05) is 26.0 Å². The number of benzene rings is 1. The van der Waals surface area contributed by atoms with Gasteiger partial charge in [-0.05, 0) is 56.5 Å². The smallest absolute Gasteiger partial charge is 0.151 e. The van der Waals surface area contributed by atoms with E-state index in [0.717, 1.165) is 25.9 Å². The third-order valence-corrected chi connectivity index (χ3v) is 8.05. The topological polar surface area (TPSA) is 48.7 Å². The van der Waals surface area contributed by atoms with Crippen LogP contribution in [0.5, 0.6) is 0 Å². The van der Waals surface area contributed by atoms with Crippen molar-refractivity contribution in [1.82, 2.24) is 14.4 Å². The molecule has 1 N–H and O–H groups in total. The van der Waals surface area contributed by atoms with Crippen LogP contribution >= 0.6 is 0 Å². The second kappa shape index (κ2) is 6.93. The second-order valence-corrected chi connectivity index (χ2v) is 9.61. The van der Waals surface area contributed by atoms with E-state index in [-0.39, 0.29) is 23.8 Å². The SMILES string of the molecule is CCN(CO)CC(=O)C1CN(C)C2Cc3c4n(c5cccc(c35)C2(C)C1)CCC4. The normalized spacial score (nSPS) is 28.7. The van der Waals surface area contributed by atoms with Gasteiger partial charge in [-0.25, -0.2) is 0 Å². The number of fused-ring (bicyclic) bond motifs is 5. The molecule has 5 nitrogen and oxygen atoms in total. The molecule has 3 aliphatic rings. The molecule has 0 bridgehead atoms. The van der Waals surface area contributed by atoms with Crippen LogP contribution in [0.4, 0.5) is 0 Å². The van der Waals surface area contributed by atoms with Crippen molar-refractivity contribution in [2.45, 2.75) is 57.5 Å². The van der Waals surface area contributed by atoms with Gasteiger partial charge >= 0.3 is 0 Å². The number of hydrogen-bond acceptors (Lipinski definition) is 4. The van der Waals surface area contributed by atoms with Crippen molar-refractivity contribution in [2.24, 2.45) is 5.92 Å². The van der Waals surface area contributed by atoms with Crippen molar-refractivity contribution >= 4 is 16.7 Å². The lowest BCUT2D eigenvalue weighted by Crippen LogP contribution is -2.58. The molecule has 3 atom stereocenters. The lowest BCUT2D eigenvalue weighted by Gasteiger charge is -2.52. The number of rotatable bonds is 5. The summed E-state index contributed by atoms with van der Waals surface area (Å²) in [5.41, 5.74) is 5.96. The molecule has 0 radical (unpaired) electrons. The Morgan fingerprint density at radius 3 is 2.97 bits per heavy atom. The van der Waals surface area contributed by atoms with Crippen LogP contribution < -0.4 is 0 Å². The number of likely N-dealkylation sites (tertiary alicyclic amines) is 1. The first-order valence-corrected chi connectivity index (χ1v) is 11.2. The fourth-order valence-electron chi connectivity index (χ4n) is 6.54. The highest BCUT2D eigenvalue weighted by molar-refractivity contribution is 5.92. The minimum Gasteiger partial charge on any atom is -0.381 e. The average molecular weight is 396 g/mol. The standard InChI is InChI=1S/C24H33N3O2/c1-4-26(15-28)14-21(29)16-12-24(2)18-7-5-8-20-23(18)17(11-22(24)25(3)13-16)19-9-6-10-27(19)20/h5,7-8,16,22,28H,4,6,9-15H2,1-3H3. The van der Waals surface area contributed by atoms with Crippen LogP contribution in [0, 0.1) is 5.92 Å². The number of ketones is 1. The Morgan fingerprint density at radius 2 is 2.21 bits per heavy atom. The summed E-state index contributed by atoms with van der Waals surface area (Å²) < 4.78 is 2.55. The molecule has 5 heteroatoms. The van der Waals surface area contributed by atoms with Gasteiger partial charge in [-0.3, -0.25) is 9.69 Å². The lowest BCUT2D eigenvalue weighted by atomic mass is 9.61. The quantitative estimate of drug-likeness (QED) is 0.791. The molecule has 29 heavy (non-hydrogen) atoms. The number of aliphatic hydroxyl groups is 1. The largest absolute Gasteiger partial charge is 0.381 e. The predicted molar refractivity (Wildman–Crippen MR) is 115 cm³/mol. The summed E-state index contributed by atoms with van der Waals surface area (Å²) in [6.45, 7) is 7.34. The minimum atomic E-state index is -0.0519. The Labute approximate surface area is 173 Å². The average Bonchev–Trinajstić information content (AvgIpc) is 3.30. The minimum absolute atomic E-state index is 0.0151. The molecule has 1 saturated heterocycles. The van der Waals surface area contributed by atoms with Crippen molar-refractivity contribution in [3.63, 3.8) is 0 Å². The Hall–Kier alpha value is -1.69. The first-order valence-electron chi connectivity index (χ1n) is 11.2. The van der Waals surface area contributed by atoms with Crippen molar-refractivity contribution in [3.8, 4) is 0 Å². The Kier molecular flexibility index (Phi) is 4.61. The van der Waals surface area contributed by atoms with E-state index in [0.29, 0.717) is 19.1 Å². The zero-order valence-corrected chi connectivity index (χ0v) is 17.9. The molecule has 0 saturated carbocycles. The summed E-state index contributed by atoms with van der Waals surface area (Å²) in [4.78, 5) is 17.4. The van der Waals surface area contributed by atoms with E-state index in [4.69, 9.17) is 0 Å². The molecular formula is C24H33N3O2. The molecule has 0 amide bonds. The summed E-state index contributed by atoms with van der Waals surface area (Å²) in [7, 11) is 2.20. The van der Waals surface area contributed by atoms with Gasteiger partial charge in [-0.2, -0.15) is 0 Å². The zero-order valence-electron chi connectivity index (χ0n) is 17.9. The second-order valence-electron chi connectivity index (χ2n) is 9.61. The third kappa shape index (κ3) is 2.74. The number of hydrogen-bond donors (Lipinski definition) is 1. The molecule has 0 spiro atoms. The van der Waals surface area contributed by atoms with E-state index in [1.165, 1.54) is 29.3 Å². The highest BCUT2D eigenvalue weighted by Crippen LogP contribution is 2.50. The fourth-order valence-corrected chi connectivity index (χ4v) is 6.54. The molecule has 1 fully saturated rings. The van der Waals surface area contributed by atoms with E-state index in [1.54, 1.807) is 11.3 Å². The predicted octanol–water partition coefficient (Wildman–Crippen LogP) is 2.56. The molecular weight excluding hydrogens is 362 g/mol. The molecule has 156 valence electrons. The van der Waals surface area contributed by atoms with Crippen LogP contribution in [-0.2, 0) is 29.6 Å². The van der Waals surface area contributed by atoms with Crippen molar-refractivity contribution in [1.29, 1.82) is 0 Å². The van der Waals surface area contributed by atoms with Gasteiger partial charge in [-0.15, -0.1) is 0 Å². The summed E-state index contributed by atoms with van der Waals surface area (Å²) in [5.74, 6) is 0.290. The van der Waals surface area contributed by atoms with Gasteiger partial charge in [0.05, 0.1) is 13.3 Å². The van der Waals surface area contributed by atoms with Crippen LogP contribution in [-0.4, -0.2) is 64.7 Å². The van der Waals surface area contributed by atoms with E-state index >= 15 is 0 Å². The van der Waals surface area contributed by atoms with Crippen molar-refractivity contribution < 1.29 is 9.90 Å². The van der Waals surface area contributed by atoms with Gasteiger partial charge < -0.3 is 14.6 Å². The summed E-state index contributed by atoms with van der Waals surface area (Å²) in [6.07, 6.45) is 4.46. The van der Waals surface area contributed by atoms with E-state index < -0.39 is 0 Å². The lowest BCUT2D eigenvalue weighted by molar-refractivity contribution is -0.128.